The first-order valence-corrected chi connectivity index (χ1v) is 6.93. The Bertz CT molecular complexity index is 652. The molecule has 0 fully saturated rings. The van der Waals surface area contributed by atoms with E-state index in [1.54, 1.807) is 6.08 Å². The van der Waals surface area contributed by atoms with Crippen LogP contribution < -0.4 is 4.74 Å². The molecule has 0 bridgehead atoms. The van der Waals surface area contributed by atoms with Gasteiger partial charge in [-0.15, -0.1) is 6.58 Å². The summed E-state index contributed by atoms with van der Waals surface area (Å²) in [4.78, 5) is 0. The molecule has 0 aliphatic heterocycles. The zero-order valence-electron chi connectivity index (χ0n) is 12.0. The molecule has 0 saturated heterocycles. The standard InChI is InChI=1S/C15H19N3OS/c1-5-6-18-14(16-17-15(18)20)12(4)19-13-8-10(2)7-11(3)9-13/h5,7-9,12H,1,6H2,2-4H3,(H,17,20). The molecule has 0 aliphatic carbocycles. The van der Waals surface area contributed by atoms with Crippen molar-refractivity contribution in [3.05, 3.63) is 52.6 Å². The SMILES string of the molecule is C=CCn1c(C(C)Oc2cc(C)cc(C)c2)n[nH]c1=S. The number of aromatic amines is 1. The van der Waals surface area contributed by atoms with Crippen LogP contribution >= 0.6 is 12.2 Å². The highest BCUT2D eigenvalue weighted by Gasteiger charge is 2.15. The van der Waals surface area contributed by atoms with Crippen molar-refractivity contribution >= 4 is 12.2 Å². The Morgan fingerprint density at radius 3 is 2.65 bits per heavy atom. The van der Waals surface area contributed by atoms with E-state index in [1.807, 2.05) is 23.6 Å². The summed E-state index contributed by atoms with van der Waals surface area (Å²) in [6.45, 7) is 10.4. The maximum absolute atomic E-state index is 5.98. The van der Waals surface area contributed by atoms with Gasteiger partial charge in [-0.25, -0.2) is 0 Å². The Labute approximate surface area is 124 Å². The second-order valence-electron chi connectivity index (χ2n) is 4.87. The Morgan fingerprint density at radius 1 is 1.40 bits per heavy atom. The number of allylic oxidation sites excluding steroid dienone is 1. The summed E-state index contributed by atoms with van der Waals surface area (Å²) >= 11 is 5.21. The summed E-state index contributed by atoms with van der Waals surface area (Å²) in [7, 11) is 0. The van der Waals surface area contributed by atoms with Crippen molar-refractivity contribution in [1.29, 1.82) is 0 Å². The fourth-order valence-corrected chi connectivity index (χ4v) is 2.42. The van der Waals surface area contributed by atoms with Crippen LogP contribution in [0.25, 0.3) is 0 Å². The fourth-order valence-electron chi connectivity index (χ4n) is 2.20. The van der Waals surface area contributed by atoms with Crippen LogP contribution in [0.2, 0.25) is 0 Å². The molecule has 0 spiro atoms. The highest BCUT2D eigenvalue weighted by atomic mass is 32.1. The van der Waals surface area contributed by atoms with Crippen molar-refractivity contribution < 1.29 is 4.74 Å². The second kappa shape index (κ2) is 6.05. The molecule has 20 heavy (non-hydrogen) atoms. The number of aromatic nitrogens is 3. The Hall–Kier alpha value is -1.88. The van der Waals surface area contributed by atoms with Crippen LogP contribution in [-0.4, -0.2) is 14.8 Å². The lowest BCUT2D eigenvalue weighted by molar-refractivity contribution is 0.211. The van der Waals surface area contributed by atoms with Crippen molar-refractivity contribution in [2.75, 3.05) is 0 Å². The largest absolute Gasteiger partial charge is 0.483 e. The number of aryl methyl sites for hydroxylation is 2. The Balaban J connectivity index is 2.25. The molecule has 1 heterocycles. The lowest BCUT2D eigenvalue weighted by Crippen LogP contribution is -2.11. The molecule has 2 rings (SSSR count). The maximum Gasteiger partial charge on any atom is 0.195 e. The molecule has 0 amide bonds. The van der Waals surface area contributed by atoms with E-state index in [9.17, 15) is 0 Å². The van der Waals surface area contributed by atoms with E-state index < -0.39 is 0 Å². The van der Waals surface area contributed by atoms with Crippen LogP contribution in [0, 0.1) is 18.6 Å². The molecule has 1 aromatic heterocycles. The smallest absolute Gasteiger partial charge is 0.195 e. The Morgan fingerprint density at radius 2 is 2.05 bits per heavy atom. The first kappa shape index (κ1) is 14.5. The summed E-state index contributed by atoms with van der Waals surface area (Å²) in [6, 6.07) is 6.15. The van der Waals surface area contributed by atoms with Gasteiger partial charge < -0.3 is 4.74 Å². The van der Waals surface area contributed by atoms with Crippen LogP contribution in [0.3, 0.4) is 0 Å². The average molecular weight is 289 g/mol. The molecule has 2 aromatic rings. The molecule has 1 unspecified atom stereocenters. The van der Waals surface area contributed by atoms with E-state index in [4.69, 9.17) is 17.0 Å². The zero-order chi connectivity index (χ0) is 14.7. The van der Waals surface area contributed by atoms with Gasteiger partial charge in [0.25, 0.3) is 0 Å². The van der Waals surface area contributed by atoms with Crippen LogP contribution in [0.15, 0.2) is 30.9 Å². The highest BCUT2D eigenvalue weighted by Crippen LogP contribution is 2.23. The van der Waals surface area contributed by atoms with E-state index in [1.165, 1.54) is 11.1 Å². The number of nitrogens with zero attached hydrogens (tertiary/aromatic N) is 2. The van der Waals surface area contributed by atoms with Gasteiger partial charge in [0.2, 0.25) is 0 Å². The number of hydrogen-bond acceptors (Lipinski definition) is 3. The van der Waals surface area contributed by atoms with Crippen LogP contribution in [0.4, 0.5) is 0 Å². The molecule has 0 aliphatic rings. The highest BCUT2D eigenvalue weighted by molar-refractivity contribution is 7.71. The molecule has 1 N–H and O–H groups in total. The number of nitrogens with one attached hydrogen (secondary N) is 1. The van der Waals surface area contributed by atoms with E-state index >= 15 is 0 Å². The van der Waals surface area contributed by atoms with E-state index in [0.29, 0.717) is 11.3 Å². The van der Waals surface area contributed by atoms with Crippen molar-refractivity contribution in [3.8, 4) is 5.75 Å². The molecule has 5 heteroatoms. The monoisotopic (exact) mass is 289 g/mol. The third-order valence-corrected chi connectivity index (χ3v) is 3.28. The van der Waals surface area contributed by atoms with Gasteiger partial charge in [0.05, 0.1) is 0 Å². The summed E-state index contributed by atoms with van der Waals surface area (Å²) in [5.74, 6) is 1.61. The third kappa shape index (κ3) is 3.17. The molecule has 1 aromatic carbocycles. The first-order valence-electron chi connectivity index (χ1n) is 6.52. The molecular formula is C15H19N3OS. The molecule has 0 saturated carbocycles. The molecule has 0 radical (unpaired) electrons. The van der Waals surface area contributed by atoms with Crippen LogP contribution in [-0.2, 0) is 6.54 Å². The number of benzene rings is 1. The average Bonchev–Trinajstić information content (AvgIpc) is 2.70. The molecular weight excluding hydrogens is 270 g/mol. The summed E-state index contributed by atoms with van der Waals surface area (Å²) in [5, 5.41) is 7.05. The molecule has 4 nitrogen and oxygen atoms in total. The molecule has 1 atom stereocenters. The van der Waals surface area contributed by atoms with E-state index in [0.717, 1.165) is 11.6 Å². The molecule has 106 valence electrons. The number of ether oxygens (including phenoxy) is 1. The van der Waals surface area contributed by atoms with Gasteiger partial charge in [-0.2, -0.15) is 5.10 Å². The minimum atomic E-state index is -0.191. The van der Waals surface area contributed by atoms with Gasteiger partial charge in [0.15, 0.2) is 16.7 Å². The quantitative estimate of drug-likeness (QED) is 0.671. The third-order valence-electron chi connectivity index (χ3n) is 2.97. The Kier molecular flexibility index (Phi) is 4.39. The van der Waals surface area contributed by atoms with Crippen molar-refractivity contribution in [2.45, 2.75) is 33.4 Å². The summed E-state index contributed by atoms with van der Waals surface area (Å²) in [6.07, 6.45) is 1.60. The maximum atomic E-state index is 5.98. The van der Waals surface area contributed by atoms with Gasteiger partial charge in [0.1, 0.15) is 5.75 Å². The van der Waals surface area contributed by atoms with E-state index in [-0.39, 0.29) is 6.10 Å². The van der Waals surface area contributed by atoms with Crippen LogP contribution in [0.1, 0.15) is 30.0 Å². The lowest BCUT2D eigenvalue weighted by Gasteiger charge is -2.15. The minimum Gasteiger partial charge on any atom is -0.483 e. The minimum absolute atomic E-state index is 0.191. The second-order valence-corrected chi connectivity index (χ2v) is 5.26. The summed E-state index contributed by atoms with van der Waals surface area (Å²) < 4.78 is 8.44. The van der Waals surface area contributed by atoms with E-state index in [2.05, 4.69) is 36.7 Å². The van der Waals surface area contributed by atoms with Crippen molar-refractivity contribution in [2.24, 2.45) is 0 Å². The van der Waals surface area contributed by atoms with Gasteiger partial charge in [-0.05, 0) is 56.2 Å². The topological polar surface area (TPSA) is 42.8 Å². The predicted octanol–water partition coefficient (Wildman–Crippen LogP) is 3.88. The number of hydrogen-bond donors (Lipinski definition) is 1. The zero-order valence-corrected chi connectivity index (χ0v) is 12.8. The predicted molar refractivity (Wildman–Crippen MR) is 82.6 cm³/mol. The van der Waals surface area contributed by atoms with Crippen molar-refractivity contribution in [1.82, 2.24) is 14.8 Å². The summed E-state index contributed by atoms with van der Waals surface area (Å²) in [5.41, 5.74) is 2.36. The normalized spacial score (nSPS) is 12.2. The van der Waals surface area contributed by atoms with Crippen LogP contribution in [0.5, 0.6) is 5.75 Å². The number of rotatable bonds is 5. The first-order chi connectivity index (χ1) is 9.51. The fraction of sp³-hybridized carbons (Fsp3) is 0.333. The van der Waals surface area contributed by atoms with Gasteiger partial charge in [0, 0.05) is 6.54 Å². The van der Waals surface area contributed by atoms with Gasteiger partial charge in [-0.3, -0.25) is 9.67 Å². The van der Waals surface area contributed by atoms with Gasteiger partial charge in [-0.1, -0.05) is 12.1 Å². The lowest BCUT2D eigenvalue weighted by atomic mass is 10.1. The number of H-pyrrole nitrogens is 1. The van der Waals surface area contributed by atoms with Gasteiger partial charge >= 0.3 is 0 Å². The van der Waals surface area contributed by atoms with Crippen molar-refractivity contribution in [3.63, 3.8) is 0 Å².